The Hall–Kier alpha value is -0.970. The summed E-state index contributed by atoms with van der Waals surface area (Å²) in [6, 6.07) is 6.87. The molecule has 1 fully saturated rings. The summed E-state index contributed by atoms with van der Waals surface area (Å²) in [7, 11) is 0. The second-order valence-corrected chi connectivity index (χ2v) is 4.79. The lowest BCUT2D eigenvalue weighted by atomic mass is 10.1. The Kier molecular flexibility index (Phi) is 8.38. The first-order valence-electron chi connectivity index (χ1n) is 7.04. The number of rotatable bonds is 5. The summed E-state index contributed by atoms with van der Waals surface area (Å²) >= 11 is 0. The Labute approximate surface area is 115 Å². The summed E-state index contributed by atoms with van der Waals surface area (Å²) in [5.41, 5.74) is 6.02. The van der Waals surface area contributed by atoms with E-state index in [4.69, 9.17) is 10.8 Å². The van der Waals surface area contributed by atoms with Crippen molar-refractivity contribution in [1.82, 2.24) is 4.90 Å². The van der Waals surface area contributed by atoms with Crippen LogP contribution in [0.3, 0.4) is 0 Å². The number of halogens is 1. The first kappa shape index (κ1) is 16.1. The topological polar surface area (TPSA) is 49.5 Å². The van der Waals surface area contributed by atoms with Crippen molar-refractivity contribution in [1.29, 1.82) is 0 Å². The van der Waals surface area contributed by atoms with Crippen molar-refractivity contribution in [3.63, 3.8) is 0 Å². The zero-order chi connectivity index (χ0) is 13.9. The summed E-state index contributed by atoms with van der Waals surface area (Å²) in [4.78, 5) is 2.52. The van der Waals surface area contributed by atoms with Crippen molar-refractivity contribution in [2.45, 2.75) is 25.7 Å². The molecule has 0 radical (unpaired) electrons. The first-order valence-corrected chi connectivity index (χ1v) is 7.04. The van der Waals surface area contributed by atoms with Gasteiger partial charge in [-0.15, -0.1) is 0 Å². The zero-order valence-corrected chi connectivity index (χ0v) is 11.5. The van der Waals surface area contributed by atoms with E-state index in [1.54, 1.807) is 12.1 Å². The van der Waals surface area contributed by atoms with Crippen molar-refractivity contribution >= 4 is 0 Å². The molecule has 1 saturated heterocycles. The van der Waals surface area contributed by atoms with Crippen LogP contribution in [0.5, 0.6) is 0 Å². The zero-order valence-electron chi connectivity index (χ0n) is 11.5. The maximum Gasteiger partial charge on any atom is 0.123 e. The predicted octanol–water partition coefficient (Wildman–Crippen LogP) is 1.79. The quantitative estimate of drug-likeness (QED) is 0.856. The molecule has 0 aliphatic carbocycles. The number of nitrogens with zero attached hydrogens (tertiary/aromatic N) is 1. The highest BCUT2D eigenvalue weighted by Gasteiger charge is 2.10. The van der Waals surface area contributed by atoms with Gasteiger partial charge in [-0.3, -0.25) is 0 Å². The molecule has 19 heavy (non-hydrogen) atoms. The normalized spacial score (nSPS) is 15.1. The lowest BCUT2D eigenvalue weighted by molar-refractivity contribution is 0.306. The third kappa shape index (κ3) is 7.25. The predicted molar refractivity (Wildman–Crippen MR) is 76.5 cm³/mol. The van der Waals surface area contributed by atoms with Gasteiger partial charge in [0.05, 0.1) is 6.61 Å². The maximum atomic E-state index is 12.6. The largest absolute Gasteiger partial charge is 0.395 e. The Balaban J connectivity index is 0.000000399. The van der Waals surface area contributed by atoms with E-state index in [9.17, 15) is 4.39 Å². The molecule has 0 unspecified atom stereocenters. The van der Waals surface area contributed by atoms with Gasteiger partial charge in [0.1, 0.15) is 5.82 Å². The van der Waals surface area contributed by atoms with E-state index in [1.807, 2.05) is 12.1 Å². The fraction of sp³-hybridized carbons (Fsp3) is 0.600. The summed E-state index contributed by atoms with van der Waals surface area (Å²) in [5.74, 6) is -0.140. The van der Waals surface area contributed by atoms with Gasteiger partial charge in [0.2, 0.25) is 0 Å². The summed E-state index contributed by atoms with van der Waals surface area (Å²) in [5, 5.41) is 7.75. The molecule has 0 spiro atoms. The molecule has 0 amide bonds. The van der Waals surface area contributed by atoms with E-state index in [1.165, 1.54) is 44.5 Å². The van der Waals surface area contributed by atoms with E-state index in [2.05, 4.69) is 4.90 Å². The fourth-order valence-corrected chi connectivity index (χ4v) is 2.16. The maximum absolute atomic E-state index is 12.6. The monoisotopic (exact) mass is 268 g/mol. The minimum atomic E-state index is -0.140. The molecule has 2 rings (SSSR count). The summed E-state index contributed by atoms with van der Waals surface area (Å²) in [6.45, 7) is 4.20. The molecule has 3 N–H and O–H groups in total. The highest BCUT2D eigenvalue weighted by atomic mass is 19.1. The van der Waals surface area contributed by atoms with Gasteiger partial charge in [0.25, 0.3) is 0 Å². The van der Waals surface area contributed by atoms with E-state index in [-0.39, 0.29) is 12.4 Å². The number of benzene rings is 1. The lowest BCUT2D eigenvalue weighted by Crippen LogP contribution is -2.20. The average molecular weight is 268 g/mol. The van der Waals surface area contributed by atoms with Crippen LogP contribution >= 0.6 is 0 Å². The van der Waals surface area contributed by atoms with Crippen LogP contribution in [-0.2, 0) is 6.42 Å². The first-order chi connectivity index (χ1) is 9.26. The van der Waals surface area contributed by atoms with Crippen LogP contribution in [-0.4, -0.2) is 42.8 Å². The van der Waals surface area contributed by atoms with E-state index in [0.717, 1.165) is 6.42 Å². The molecule has 108 valence electrons. The SMILES string of the molecule is Fc1ccc(CCCN2CCCC2)cc1.NCCO. The molecule has 3 nitrogen and oxygen atoms in total. The van der Waals surface area contributed by atoms with E-state index >= 15 is 0 Å². The third-order valence-electron chi connectivity index (χ3n) is 3.18. The Morgan fingerprint density at radius 1 is 1.16 bits per heavy atom. The molecule has 0 aromatic heterocycles. The van der Waals surface area contributed by atoms with Gasteiger partial charge in [-0.2, -0.15) is 0 Å². The van der Waals surface area contributed by atoms with E-state index in [0.29, 0.717) is 6.54 Å². The van der Waals surface area contributed by atoms with Crippen LogP contribution < -0.4 is 5.73 Å². The van der Waals surface area contributed by atoms with Crippen LogP contribution in [0.2, 0.25) is 0 Å². The number of nitrogens with two attached hydrogens (primary N) is 1. The molecule has 4 heteroatoms. The second kappa shape index (κ2) is 9.89. The Bertz CT molecular complexity index is 321. The highest BCUT2D eigenvalue weighted by molar-refractivity contribution is 5.15. The van der Waals surface area contributed by atoms with Crippen molar-refractivity contribution in [3.8, 4) is 0 Å². The smallest absolute Gasteiger partial charge is 0.123 e. The molecule has 0 atom stereocenters. The number of aryl methyl sites for hydroxylation is 1. The summed E-state index contributed by atoms with van der Waals surface area (Å²) in [6.07, 6.45) is 4.97. The summed E-state index contributed by atoms with van der Waals surface area (Å²) < 4.78 is 12.6. The number of aliphatic hydroxyl groups is 1. The van der Waals surface area contributed by atoms with Crippen LogP contribution in [0, 0.1) is 5.82 Å². The molecule has 1 aliphatic heterocycles. The van der Waals surface area contributed by atoms with Gasteiger partial charge in [-0.05, 0) is 63.0 Å². The molecular formula is C15H25FN2O. The molecular weight excluding hydrogens is 243 g/mol. The second-order valence-electron chi connectivity index (χ2n) is 4.79. The number of aliphatic hydroxyl groups excluding tert-OH is 1. The molecule has 0 saturated carbocycles. The minimum absolute atomic E-state index is 0.0972. The molecule has 1 heterocycles. The van der Waals surface area contributed by atoms with Gasteiger partial charge >= 0.3 is 0 Å². The van der Waals surface area contributed by atoms with Gasteiger partial charge in [0, 0.05) is 6.54 Å². The van der Waals surface area contributed by atoms with Gasteiger partial charge < -0.3 is 15.7 Å². The van der Waals surface area contributed by atoms with Crippen LogP contribution in [0.4, 0.5) is 4.39 Å². The Morgan fingerprint density at radius 2 is 1.74 bits per heavy atom. The van der Waals surface area contributed by atoms with Crippen molar-refractivity contribution in [2.24, 2.45) is 5.73 Å². The average Bonchev–Trinajstić information content (AvgIpc) is 2.95. The number of hydrogen-bond donors (Lipinski definition) is 2. The third-order valence-corrected chi connectivity index (χ3v) is 3.18. The van der Waals surface area contributed by atoms with Gasteiger partial charge in [-0.1, -0.05) is 12.1 Å². The van der Waals surface area contributed by atoms with Gasteiger partial charge in [0.15, 0.2) is 0 Å². The van der Waals surface area contributed by atoms with Crippen molar-refractivity contribution in [2.75, 3.05) is 32.8 Å². The van der Waals surface area contributed by atoms with E-state index < -0.39 is 0 Å². The minimum Gasteiger partial charge on any atom is -0.395 e. The highest BCUT2D eigenvalue weighted by Crippen LogP contribution is 2.10. The number of likely N-dealkylation sites (tertiary alicyclic amines) is 1. The van der Waals surface area contributed by atoms with Crippen LogP contribution in [0.25, 0.3) is 0 Å². The van der Waals surface area contributed by atoms with Crippen molar-refractivity contribution in [3.05, 3.63) is 35.6 Å². The standard InChI is InChI=1S/C13H18FN.C2H7NO/c14-13-7-5-12(6-8-13)4-3-11-15-9-1-2-10-15;3-1-2-4/h5-8H,1-4,9-11H2;4H,1-3H2. The van der Waals surface area contributed by atoms with Crippen LogP contribution in [0.15, 0.2) is 24.3 Å². The molecule has 1 aromatic carbocycles. The van der Waals surface area contributed by atoms with Gasteiger partial charge in [-0.25, -0.2) is 4.39 Å². The molecule has 0 bridgehead atoms. The van der Waals surface area contributed by atoms with Crippen LogP contribution in [0.1, 0.15) is 24.8 Å². The Morgan fingerprint density at radius 3 is 2.26 bits per heavy atom. The molecule has 1 aliphatic rings. The number of hydrogen-bond acceptors (Lipinski definition) is 3. The fourth-order valence-electron chi connectivity index (χ4n) is 2.16. The van der Waals surface area contributed by atoms with Crippen molar-refractivity contribution < 1.29 is 9.50 Å². The lowest BCUT2D eigenvalue weighted by Gasteiger charge is -2.13. The molecule has 1 aromatic rings.